The zero-order valence-electron chi connectivity index (χ0n) is 16.3. The maximum Gasteiger partial charge on any atom is 0.278 e. The van der Waals surface area contributed by atoms with Crippen LogP contribution in [0, 0.1) is 0 Å². The Labute approximate surface area is 172 Å². The highest BCUT2D eigenvalue weighted by Gasteiger charge is 2.28. The molecule has 1 amide bonds. The maximum absolute atomic E-state index is 12.8. The Balaban J connectivity index is 1.30. The fraction of sp³-hybridized carbons (Fsp3) is 0.286. The topological polar surface area (TPSA) is 96.7 Å². The number of ether oxygens (including phenoxy) is 4. The van der Waals surface area contributed by atoms with Gasteiger partial charge in [-0.2, -0.15) is 0 Å². The Morgan fingerprint density at radius 3 is 2.73 bits per heavy atom. The van der Waals surface area contributed by atoms with Gasteiger partial charge in [0, 0.05) is 11.8 Å². The summed E-state index contributed by atoms with van der Waals surface area (Å²) in [4.78, 5) is 12.8. The van der Waals surface area contributed by atoms with Crippen molar-refractivity contribution >= 4 is 11.6 Å². The highest BCUT2D eigenvalue weighted by molar-refractivity contribution is 6.03. The molecule has 5 rings (SSSR count). The molecule has 0 bridgehead atoms. The molecule has 9 heteroatoms. The second kappa shape index (κ2) is 7.68. The van der Waals surface area contributed by atoms with Crippen molar-refractivity contribution in [1.29, 1.82) is 0 Å². The molecule has 9 nitrogen and oxygen atoms in total. The van der Waals surface area contributed by atoms with Crippen LogP contribution in [0.3, 0.4) is 0 Å². The van der Waals surface area contributed by atoms with Gasteiger partial charge in [0.25, 0.3) is 5.91 Å². The fourth-order valence-corrected chi connectivity index (χ4v) is 3.52. The van der Waals surface area contributed by atoms with Crippen LogP contribution in [0.15, 0.2) is 42.5 Å². The Kier molecular flexibility index (Phi) is 4.72. The molecule has 154 valence electrons. The van der Waals surface area contributed by atoms with E-state index in [-0.39, 0.29) is 24.3 Å². The number of anilines is 1. The van der Waals surface area contributed by atoms with Crippen LogP contribution >= 0.6 is 0 Å². The highest BCUT2D eigenvalue weighted by Crippen LogP contribution is 2.33. The number of hydrogen-bond donors (Lipinski definition) is 1. The monoisotopic (exact) mass is 408 g/mol. The first-order valence-electron chi connectivity index (χ1n) is 9.60. The van der Waals surface area contributed by atoms with Crippen molar-refractivity contribution in [1.82, 2.24) is 15.0 Å². The molecular weight excluding hydrogens is 388 g/mol. The van der Waals surface area contributed by atoms with E-state index in [1.54, 1.807) is 30.0 Å². The molecule has 0 unspecified atom stereocenters. The lowest BCUT2D eigenvalue weighted by molar-refractivity contribution is -0.00173. The van der Waals surface area contributed by atoms with Crippen molar-refractivity contribution in [3.63, 3.8) is 0 Å². The molecule has 0 saturated heterocycles. The summed E-state index contributed by atoms with van der Waals surface area (Å²) in [5.41, 5.74) is 2.51. The predicted molar refractivity (Wildman–Crippen MR) is 106 cm³/mol. The number of fused-ring (bicyclic) bond motifs is 2. The van der Waals surface area contributed by atoms with Crippen molar-refractivity contribution in [3.05, 3.63) is 59.4 Å². The molecule has 2 aromatic carbocycles. The Bertz CT molecular complexity index is 1080. The zero-order valence-corrected chi connectivity index (χ0v) is 16.3. The number of amides is 1. The first-order chi connectivity index (χ1) is 14.7. The van der Waals surface area contributed by atoms with Crippen molar-refractivity contribution in [3.8, 4) is 17.2 Å². The standard InChI is InChI=1S/C21H20N4O5/c1-27-15-5-2-13(3-6-15)19-11-25-16(12-30-19)20(23-24-25)21(26)22-14-4-7-17-18(10-14)29-9-8-28-17/h2-7,10,19H,8-9,11-12H2,1H3,(H,22,26)/t19-/m1/s1. The summed E-state index contributed by atoms with van der Waals surface area (Å²) >= 11 is 0. The Morgan fingerprint density at radius 1 is 1.13 bits per heavy atom. The molecule has 3 aromatic rings. The van der Waals surface area contributed by atoms with E-state index in [0.717, 1.165) is 11.3 Å². The number of carbonyl (C=O) groups excluding carboxylic acids is 1. The normalized spacial score (nSPS) is 17.2. The summed E-state index contributed by atoms with van der Waals surface area (Å²) in [6, 6.07) is 13.0. The van der Waals surface area contributed by atoms with Crippen LogP contribution in [0.4, 0.5) is 5.69 Å². The molecule has 30 heavy (non-hydrogen) atoms. The third-order valence-corrected chi connectivity index (χ3v) is 5.10. The molecule has 1 atom stereocenters. The molecule has 1 N–H and O–H groups in total. The van der Waals surface area contributed by atoms with Gasteiger partial charge < -0.3 is 24.3 Å². The average molecular weight is 408 g/mol. The van der Waals surface area contributed by atoms with E-state index in [1.165, 1.54) is 0 Å². The van der Waals surface area contributed by atoms with Gasteiger partial charge in [0.15, 0.2) is 17.2 Å². The summed E-state index contributed by atoms with van der Waals surface area (Å²) < 4.78 is 24.0. The van der Waals surface area contributed by atoms with E-state index in [4.69, 9.17) is 18.9 Å². The predicted octanol–water partition coefficient (Wildman–Crippen LogP) is 2.58. The number of methoxy groups -OCH3 is 1. The van der Waals surface area contributed by atoms with E-state index >= 15 is 0 Å². The minimum absolute atomic E-state index is 0.168. The first kappa shape index (κ1) is 18.4. The van der Waals surface area contributed by atoms with E-state index < -0.39 is 0 Å². The third-order valence-electron chi connectivity index (χ3n) is 5.10. The van der Waals surface area contributed by atoms with Crippen LogP contribution < -0.4 is 19.5 Å². The third kappa shape index (κ3) is 3.43. The summed E-state index contributed by atoms with van der Waals surface area (Å²) in [7, 11) is 1.63. The quantitative estimate of drug-likeness (QED) is 0.709. The smallest absolute Gasteiger partial charge is 0.278 e. The highest BCUT2D eigenvalue weighted by atomic mass is 16.6. The summed E-state index contributed by atoms with van der Waals surface area (Å²) in [5, 5.41) is 11.1. The van der Waals surface area contributed by atoms with Crippen molar-refractivity contribution in [2.24, 2.45) is 0 Å². The lowest BCUT2D eigenvalue weighted by Crippen LogP contribution is -2.24. The first-order valence-corrected chi connectivity index (χ1v) is 9.60. The van der Waals surface area contributed by atoms with Crippen LogP contribution in [0.25, 0.3) is 0 Å². The van der Waals surface area contributed by atoms with Gasteiger partial charge in [0.05, 0.1) is 26.0 Å². The van der Waals surface area contributed by atoms with Gasteiger partial charge in [0.1, 0.15) is 25.1 Å². The van der Waals surface area contributed by atoms with Gasteiger partial charge in [-0.05, 0) is 29.8 Å². The van der Waals surface area contributed by atoms with E-state index in [1.807, 2.05) is 24.3 Å². The second-order valence-corrected chi connectivity index (χ2v) is 6.95. The van der Waals surface area contributed by atoms with Crippen molar-refractivity contribution in [2.45, 2.75) is 19.3 Å². The lowest BCUT2D eigenvalue weighted by Gasteiger charge is -2.24. The molecule has 0 aliphatic carbocycles. The molecule has 0 saturated carbocycles. The number of carbonyl (C=O) groups is 1. The molecular formula is C21H20N4O5. The number of rotatable bonds is 4. The van der Waals surface area contributed by atoms with E-state index in [2.05, 4.69) is 15.6 Å². The molecule has 2 aliphatic heterocycles. The number of benzene rings is 2. The largest absolute Gasteiger partial charge is 0.497 e. The van der Waals surface area contributed by atoms with Crippen LogP contribution in [0.1, 0.15) is 27.8 Å². The van der Waals surface area contributed by atoms with Crippen molar-refractivity contribution < 1.29 is 23.7 Å². The SMILES string of the molecule is COc1ccc([C@H]2Cn3nnc(C(=O)Nc4ccc5c(c4)OCCO5)c3CO2)cc1. The molecule has 0 radical (unpaired) electrons. The van der Waals surface area contributed by atoms with Crippen LogP contribution in [0.2, 0.25) is 0 Å². The minimum Gasteiger partial charge on any atom is -0.497 e. The van der Waals surface area contributed by atoms with Crippen molar-refractivity contribution in [2.75, 3.05) is 25.6 Å². The van der Waals surface area contributed by atoms with E-state index in [9.17, 15) is 4.79 Å². The number of hydrogen-bond acceptors (Lipinski definition) is 7. The Hall–Kier alpha value is -3.59. The lowest BCUT2D eigenvalue weighted by atomic mass is 10.1. The maximum atomic E-state index is 12.8. The Morgan fingerprint density at radius 2 is 1.93 bits per heavy atom. The minimum atomic E-state index is -0.348. The van der Waals surface area contributed by atoms with Gasteiger partial charge in [-0.25, -0.2) is 4.68 Å². The number of nitrogens with one attached hydrogen (secondary N) is 1. The van der Waals surface area contributed by atoms with Crippen LogP contribution in [-0.2, 0) is 17.9 Å². The molecule has 1 aromatic heterocycles. The zero-order chi connectivity index (χ0) is 20.5. The van der Waals surface area contributed by atoms with Gasteiger partial charge >= 0.3 is 0 Å². The van der Waals surface area contributed by atoms with Gasteiger partial charge in [0.2, 0.25) is 0 Å². The average Bonchev–Trinajstić information content (AvgIpc) is 3.22. The molecule has 3 heterocycles. The second-order valence-electron chi connectivity index (χ2n) is 6.95. The number of aromatic nitrogens is 3. The van der Waals surface area contributed by atoms with E-state index in [0.29, 0.717) is 42.6 Å². The van der Waals surface area contributed by atoms with Crippen LogP contribution in [-0.4, -0.2) is 41.2 Å². The van der Waals surface area contributed by atoms with Gasteiger partial charge in [-0.15, -0.1) is 5.10 Å². The number of nitrogens with zero attached hydrogens (tertiary/aromatic N) is 3. The van der Waals surface area contributed by atoms with Crippen LogP contribution in [0.5, 0.6) is 17.2 Å². The summed E-state index contributed by atoms with van der Waals surface area (Å²) in [6.07, 6.45) is -0.168. The summed E-state index contributed by atoms with van der Waals surface area (Å²) in [5.74, 6) is 1.71. The molecule has 2 aliphatic rings. The molecule has 0 fully saturated rings. The molecule has 0 spiro atoms. The van der Waals surface area contributed by atoms with Gasteiger partial charge in [-0.3, -0.25) is 4.79 Å². The van der Waals surface area contributed by atoms with Gasteiger partial charge in [-0.1, -0.05) is 17.3 Å². The fourth-order valence-electron chi connectivity index (χ4n) is 3.52. The summed E-state index contributed by atoms with van der Waals surface area (Å²) in [6.45, 7) is 1.72.